The fraction of sp³-hybridized carbons (Fsp3) is 0.200. The summed E-state index contributed by atoms with van der Waals surface area (Å²) in [6.07, 6.45) is 1.55. The number of benzene rings is 2. The fourth-order valence-corrected chi connectivity index (χ4v) is 2.77. The molecule has 7 heteroatoms. The zero-order valence-electron chi connectivity index (χ0n) is 15.0. The molecule has 0 bridgehead atoms. The summed E-state index contributed by atoms with van der Waals surface area (Å²) >= 11 is 0. The highest BCUT2D eigenvalue weighted by Gasteiger charge is 2.24. The van der Waals surface area contributed by atoms with E-state index < -0.39 is 12.6 Å². The standard InChI is InChI=1S/C20H17F2NO4/c1-11-8-13(9-12(2)17(11)26-20(21)22)10-16-19(24)27-18(23-16)14-4-6-15(25-3)7-5-14/h4-10,20H,1-3H3/b16-10-. The lowest BCUT2D eigenvalue weighted by Gasteiger charge is -2.12. The van der Waals surface area contributed by atoms with Crippen LogP contribution in [0.1, 0.15) is 22.3 Å². The molecule has 0 unspecified atom stereocenters. The van der Waals surface area contributed by atoms with E-state index in [1.54, 1.807) is 63.4 Å². The summed E-state index contributed by atoms with van der Waals surface area (Å²) in [5.74, 6) is 0.420. The molecule has 0 aliphatic carbocycles. The van der Waals surface area contributed by atoms with Gasteiger partial charge in [0, 0.05) is 5.56 Å². The highest BCUT2D eigenvalue weighted by atomic mass is 19.3. The van der Waals surface area contributed by atoms with Crippen molar-refractivity contribution in [3.63, 3.8) is 0 Å². The Morgan fingerprint density at radius 1 is 1.11 bits per heavy atom. The molecule has 5 nitrogen and oxygen atoms in total. The van der Waals surface area contributed by atoms with Gasteiger partial charge in [0.05, 0.1) is 7.11 Å². The normalized spacial score (nSPS) is 15.1. The topological polar surface area (TPSA) is 57.1 Å². The van der Waals surface area contributed by atoms with Crippen LogP contribution in [-0.2, 0) is 9.53 Å². The van der Waals surface area contributed by atoms with Crippen molar-refractivity contribution in [1.82, 2.24) is 0 Å². The minimum Gasteiger partial charge on any atom is -0.497 e. The molecule has 0 amide bonds. The number of methoxy groups -OCH3 is 1. The summed E-state index contributed by atoms with van der Waals surface area (Å²) in [5.41, 5.74) is 2.47. The summed E-state index contributed by atoms with van der Waals surface area (Å²) in [5, 5.41) is 0. The number of hydrogen-bond donors (Lipinski definition) is 0. The molecule has 0 atom stereocenters. The lowest BCUT2D eigenvalue weighted by atomic mass is 10.0. The van der Waals surface area contributed by atoms with Crippen molar-refractivity contribution in [3.05, 3.63) is 64.3 Å². The summed E-state index contributed by atoms with van der Waals surface area (Å²) in [6.45, 7) is 0.422. The molecule has 0 fully saturated rings. The Hall–Kier alpha value is -3.22. The van der Waals surface area contributed by atoms with Crippen molar-refractivity contribution in [3.8, 4) is 11.5 Å². The number of nitrogens with zero attached hydrogens (tertiary/aromatic N) is 1. The summed E-state index contributed by atoms with van der Waals surface area (Å²) < 4.78 is 39.8. The maximum Gasteiger partial charge on any atom is 0.387 e. The molecule has 0 radical (unpaired) electrons. The molecule has 0 aromatic heterocycles. The van der Waals surface area contributed by atoms with Gasteiger partial charge >= 0.3 is 12.6 Å². The Labute approximate surface area is 154 Å². The number of alkyl halides is 2. The van der Waals surface area contributed by atoms with Crippen LogP contribution in [0, 0.1) is 13.8 Å². The molecule has 0 spiro atoms. The van der Waals surface area contributed by atoms with Crippen LogP contribution in [0.3, 0.4) is 0 Å². The maximum atomic E-state index is 12.5. The Morgan fingerprint density at radius 3 is 2.30 bits per heavy atom. The second-order valence-electron chi connectivity index (χ2n) is 5.93. The van der Waals surface area contributed by atoms with Crippen molar-refractivity contribution in [2.45, 2.75) is 20.5 Å². The first-order valence-electron chi connectivity index (χ1n) is 8.10. The molecule has 0 saturated carbocycles. The van der Waals surface area contributed by atoms with Gasteiger partial charge in [-0.05, 0) is 73.0 Å². The maximum absolute atomic E-state index is 12.5. The van der Waals surface area contributed by atoms with E-state index in [9.17, 15) is 13.6 Å². The number of aliphatic imine (C=N–C) groups is 1. The zero-order valence-corrected chi connectivity index (χ0v) is 15.0. The molecular formula is C20H17F2NO4. The summed E-state index contributed by atoms with van der Waals surface area (Å²) in [6, 6.07) is 10.2. The molecule has 140 valence electrons. The van der Waals surface area contributed by atoms with E-state index in [1.165, 1.54) is 0 Å². The summed E-state index contributed by atoms with van der Waals surface area (Å²) in [7, 11) is 1.56. The number of esters is 1. The second kappa shape index (κ2) is 7.57. The van der Waals surface area contributed by atoms with Gasteiger partial charge in [-0.2, -0.15) is 8.78 Å². The monoisotopic (exact) mass is 373 g/mol. The number of ether oxygens (including phenoxy) is 3. The first-order valence-corrected chi connectivity index (χ1v) is 8.10. The number of hydrogen-bond acceptors (Lipinski definition) is 5. The van der Waals surface area contributed by atoms with Crippen LogP contribution in [0.2, 0.25) is 0 Å². The Balaban J connectivity index is 1.90. The van der Waals surface area contributed by atoms with Gasteiger partial charge < -0.3 is 14.2 Å². The van der Waals surface area contributed by atoms with E-state index in [2.05, 4.69) is 9.73 Å². The molecule has 2 aromatic rings. The van der Waals surface area contributed by atoms with E-state index in [-0.39, 0.29) is 17.3 Å². The van der Waals surface area contributed by atoms with Gasteiger partial charge in [0.2, 0.25) is 5.90 Å². The average molecular weight is 373 g/mol. The molecule has 27 heavy (non-hydrogen) atoms. The first-order chi connectivity index (χ1) is 12.9. The van der Waals surface area contributed by atoms with Gasteiger partial charge in [-0.3, -0.25) is 0 Å². The number of rotatable bonds is 5. The number of halogens is 2. The molecule has 1 heterocycles. The van der Waals surface area contributed by atoms with Crippen molar-refractivity contribution >= 4 is 17.9 Å². The lowest BCUT2D eigenvalue weighted by molar-refractivity contribution is -0.129. The molecule has 3 rings (SSSR count). The SMILES string of the molecule is COc1ccc(C2=N/C(=C\c3cc(C)c(OC(F)F)c(C)c3)C(=O)O2)cc1. The highest BCUT2D eigenvalue weighted by molar-refractivity contribution is 6.12. The van der Waals surface area contributed by atoms with Gasteiger partial charge in [0.15, 0.2) is 5.70 Å². The zero-order chi connectivity index (χ0) is 19.6. The smallest absolute Gasteiger partial charge is 0.387 e. The largest absolute Gasteiger partial charge is 0.497 e. The number of carbonyl (C=O) groups excluding carboxylic acids is 1. The van der Waals surface area contributed by atoms with Crippen molar-refractivity contribution in [2.75, 3.05) is 7.11 Å². The Bertz CT molecular complexity index is 910. The summed E-state index contributed by atoms with van der Waals surface area (Å²) in [4.78, 5) is 16.3. The van der Waals surface area contributed by atoms with Gasteiger partial charge in [-0.15, -0.1) is 0 Å². The third-order valence-corrected chi connectivity index (χ3v) is 3.95. The fourth-order valence-electron chi connectivity index (χ4n) is 2.77. The molecule has 0 N–H and O–H groups in total. The third kappa shape index (κ3) is 4.13. The predicted octanol–water partition coefficient (Wildman–Crippen LogP) is 4.26. The van der Waals surface area contributed by atoms with E-state index >= 15 is 0 Å². The molecule has 0 saturated heterocycles. The Kier molecular flexibility index (Phi) is 5.21. The van der Waals surface area contributed by atoms with E-state index in [0.717, 1.165) is 0 Å². The molecule has 1 aliphatic heterocycles. The van der Waals surface area contributed by atoms with Crippen LogP contribution in [-0.4, -0.2) is 25.6 Å². The van der Waals surface area contributed by atoms with Gasteiger partial charge in [-0.25, -0.2) is 9.79 Å². The van der Waals surface area contributed by atoms with Crippen LogP contribution in [0.25, 0.3) is 6.08 Å². The van der Waals surface area contributed by atoms with E-state index in [0.29, 0.717) is 28.0 Å². The average Bonchev–Trinajstić information content (AvgIpc) is 2.99. The van der Waals surface area contributed by atoms with Crippen LogP contribution >= 0.6 is 0 Å². The predicted molar refractivity (Wildman–Crippen MR) is 96.1 cm³/mol. The molecule has 2 aromatic carbocycles. The van der Waals surface area contributed by atoms with Crippen molar-refractivity contribution in [1.29, 1.82) is 0 Å². The van der Waals surface area contributed by atoms with Crippen molar-refractivity contribution in [2.24, 2.45) is 4.99 Å². The van der Waals surface area contributed by atoms with E-state index in [1.807, 2.05) is 0 Å². The first kappa shape index (κ1) is 18.6. The van der Waals surface area contributed by atoms with Crippen LogP contribution in [0.15, 0.2) is 47.1 Å². The van der Waals surface area contributed by atoms with Crippen molar-refractivity contribution < 1.29 is 27.8 Å². The minimum absolute atomic E-state index is 0.127. The number of cyclic esters (lactones) is 1. The third-order valence-electron chi connectivity index (χ3n) is 3.95. The van der Waals surface area contributed by atoms with Gasteiger partial charge in [0.25, 0.3) is 0 Å². The second-order valence-corrected chi connectivity index (χ2v) is 5.93. The van der Waals surface area contributed by atoms with Crippen LogP contribution in [0.5, 0.6) is 11.5 Å². The van der Waals surface area contributed by atoms with Crippen LogP contribution < -0.4 is 9.47 Å². The highest BCUT2D eigenvalue weighted by Crippen LogP contribution is 2.28. The van der Waals surface area contributed by atoms with E-state index in [4.69, 9.17) is 9.47 Å². The number of aryl methyl sites for hydroxylation is 2. The number of carbonyl (C=O) groups is 1. The molecular weight excluding hydrogens is 356 g/mol. The van der Waals surface area contributed by atoms with Gasteiger partial charge in [0.1, 0.15) is 11.5 Å². The van der Waals surface area contributed by atoms with Crippen LogP contribution in [0.4, 0.5) is 8.78 Å². The molecule has 1 aliphatic rings. The van der Waals surface area contributed by atoms with Gasteiger partial charge in [-0.1, -0.05) is 0 Å². The Morgan fingerprint density at radius 2 is 1.74 bits per heavy atom. The minimum atomic E-state index is -2.90. The lowest BCUT2D eigenvalue weighted by Crippen LogP contribution is -2.05. The quantitative estimate of drug-likeness (QED) is 0.581.